The lowest BCUT2D eigenvalue weighted by atomic mass is 10.2. The Kier molecular flexibility index (Phi) is 5.28. The van der Waals surface area contributed by atoms with Crippen LogP contribution in [-0.2, 0) is 10.0 Å². The Hall–Kier alpha value is -2.76. The Morgan fingerprint density at radius 1 is 1.25 bits per heavy atom. The third-order valence-electron chi connectivity index (χ3n) is 3.35. The Labute approximate surface area is 140 Å². The van der Waals surface area contributed by atoms with Gasteiger partial charge in [0, 0.05) is 12.8 Å². The zero-order chi connectivity index (χ0) is 17.7. The van der Waals surface area contributed by atoms with Gasteiger partial charge in [-0.3, -0.25) is 4.31 Å². The first-order valence-electron chi connectivity index (χ1n) is 7.02. The maximum Gasteiger partial charge on any atom is 0.264 e. The van der Waals surface area contributed by atoms with Gasteiger partial charge in [0.05, 0.1) is 28.8 Å². The van der Waals surface area contributed by atoms with Crippen molar-refractivity contribution in [3.63, 3.8) is 0 Å². The molecule has 126 valence electrons. The largest absolute Gasteiger partial charge is 0.489 e. The van der Waals surface area contributed by atoms with Crippen molar-refractivity contribution in [1.82, 2.24) is 0 Å². The number of nitrogens with two attached hydrogens (primary N) is 1. The predicted molar refractivity (Wildman–Crippen MR) is 90.2 cm³/mol. The van der Waals surface area contributed by atoms with E-state index in [1.165, 1.54) is 16.4 Å². The van der Waals surface area contributed by atoms with E-state index in [1.54, 1.807) is 30.3 Å². The number of ether oxygens (including phenoxy) is 1. The fourth-order valence-electron chi connectivity index (χ4n) is 2.31. The number of hydrogen-bond donors (Lipinski definition) is 2. The summed E-state index contributed by atoms with van der Waals surface area (Å²) in [4.78, 5) is 0.0711. The molecule has 0 unspecified atom stereocenters. The number of nitrogen functional groups attached to an aromatic ring is 1. The van der Waals surface area contributed by atoms with E-state index in [9.17, 15) is 8.42 Å². The van der Waals surface area contributed by atoms with Crippen LogP contribution >= 0.6 is 0 Å². The van der Waals surface area contributed by atoms with Gasteiger partial charge < -0.3 is 15.6 Å². The summed E-state index contributed by atoms with van der Waals surface area (Å²) in [6.45, 7) is 0.448. The van der Waals surface area contributed by atoms with Crippen molar-refractivity contribution in [3.05, 3.63) is 48.0 Å². The van der Waals surface area contributed by atoms with Gasteiger partial charge in [-0.2, -0.15) is 5.26 Å². The lowest BCUT2D eigenvalue weighted by Gasteiger charge is -2.30. The first-order chi connectivity index (χ1) is 11.5. The van der Waals surface area contributed by atoms with Crippen LogP contribution in [0.3, 0.4) is 0 Å². The van der Waals surface area contributed by atoms with Gasteiger partial charge in [0.1, 0.15) is 12.4 Å². The summed E-state index contributed by atoms with van der Waals surface area (Å²) in [6, 6.07) is 12.8. The van der Waals surface area contributed by atoms with Gasteiger partial charge in [-0.25, -0.2) is 8.42 Å². The molecule has 0 amide bonds. The first kappa shape index (κ1) is 17.6. The zero-order valence-corrected chi connectivity index (χ0v) is 13.8. The maximum atomic E-state index is 12.8. The van der Waals surface area contributed by atoms with Gasteiger partial charge in [-0.1, -0.05) is 6.07 Å². The second-order valence-corrected chi connectivity index (χ2v) is 6.65. The van der Waals surface area contributed by atoms with Crippen LogP contribution in [0.25, 0.3) is 0 Å². The van der Waals surface area contributed by atoms with Crippen LogP contribution < -0.4 is 14.8 Å². The van der Waals surface area contributed by atoms with Crippen LogP contribution in [0.15, 0.2) is 47.4 Å². The lowest BCUT2D eigenvalue weighted by Crippen LogP contribution is -2.38. The second-order valence-electron chi connectivity index (χ2n) is 4.79. The number of sulfonamides is 1. The molecule has 0 fully saturated rings. The molecule has 0 spiro atoms. The summed E-state index contributed by atoms with van der Waals surface area (Å²) >= 11 is 0. The topological polar surface area (TPSA) is 117 Å². The van der Waals surface area contributed by atoms with E-state index in [0.717, 1.165) is 7.11 Å². The van der Waals surface area contributed by atoms with E-state index >= 15 is 0 Å². The number of benzene rings is 2. The molecular formula is C16H17N3O4S. The molecule has 0 bridgehead atoms. The monoisotopic (exact) mass is 347 g/mol. The number of aliphatic hydroxyl groups is 1. The molecule has 1 aliphatic rings. The Bertz CT molecular complexity index is 875. The van der Waals surface area contributed by atoms with Gasteiger partial charge in [0.2, 0.25) is 0 Å². The summed E-state index contributed by atoms with van der Waals surface area (Å²) in [5.74, 6) is 0.473. The van der Waals surface area contributed by atoms with Crippen molar-refractivity contribution in [3.8, 4) is 11.8 Å². The number of nitrogens with zero attached hydrogens (tertiary/aromatic N) is 2. The van der Waals surface area contributed by atoms with Crippen LogP contribution in [0.1, 0.15) is 5.56 Å². The van der Waals surface area contributed by atoms with E-state index < -0.39 is 10.0 Å². The Balaban J connectivity index is 0.00000100. The number of fused-ring (bicyclic) bond motifs is 1. The van der Waals surface area contributed by atoms with Gasteiger partial charge in [0.25, 0.3) is 10.0 Å². The number of hydrogen-bond acceptors (Lipinski definition) is 6. The van der Waals surface area contributed by atoms with E-state index in [-0.39, 0.29) is 18.0 Å². The molecule has 0 radical (unpaired) electrons. The van der Waals surface area contributed by atoms with Crippen molar-refractivity contribution < 1.29 is 18.3 Å². The zero-order valence-electron chi connectivity index (χ0n) is 13.0. The standard InChI is InChI=1S/C15H13N3O3S.CH4O/c16-10-11-2-1-3-13(8-11)22(19,20)18-6-7-21-15-5-4-12(17)9-14(15)18;1-2/h1-5,8-9H,6-7,17H2;2H,1H3. The first-order valence-corrected chi connectivity index (χ1v) is 8.46. The van der Waals surface area contributed by atoms with Crippen molar-refractivity contribution >= 4 is 21.4 Å². The molecule has 0 aliphatic carbocycles. The average molecular weight is 347 g/mol. The third kappa shape index (κ3) is 3.27. The molecule has 7 nitrogen and oxygen atoms in total. The maximum absolute atomic E-state index is 12.8. The summed E-state index contributed by atoms with van der Waals surface area (Å²) in [7, 11) is -2.78. The molecule has 8 heteroatoms. The molecule has 24 heavy (non-hydrogen) atoms. The quantitative estimate of drug-likeness (QED) is 0.792. The lowest BCUT2D eigenvalue weighted by molar-refractivity contribution is 0.316. The highest BCUT2D eigenvalue weighted by molar-refractivity contribution is 7.92. The smallest absolute Gasteiger partial charge is 0.264 e. The highest BCUT2D eigenvalue weighted by Gasteiger charge is 2.30. The molecular weight excluding hydrogens is 330 g/mol. The van der Waals surface area contributed by atoms with E-state index in [2.05, 4.69) is 0 Å². The second kappa shape index (κ2) is 7.21. The van der Waals surface area contributed by atoms with Crippen molar-refractivity contribution in [2.45, 2.75) is 4.90 Å². The van der Waals surface area contributed by atoms with Crippen LogP contribution in [0, 0.1) is 11.3 Å². The summed E-state index contributed by atoms with van der Waals surface area (Å²) in [5, 5.41) is 15.9. The molecule has 3 N–H and O–H groups in total. The SMILES string of the molecule is CO.N#Cc1cccc(S(=O)(=O)N2CCOc3ccc(N)cc32)c1. The summed E-state index contributed by atoms with van der Waals surface area (Å²) in [5.41, 5.74) is 6.91. The Morgan fingerprint density at radius 2 is 2.00 bits per heavy atom. The average Bonchev–Trinajstić information content (AvgIpc) is 2.62. The van der Waals surface area contributed by atoms with Crippen LogP contribution in [-0.4, -0.2) is 33.8 Å². The van der Waals surface area contributed by atoms with E-state index in [1.807, 2.05) is 6.07 Å². The van der Waals surface area contributed by atoms with Gasteiger partial charge in [-0.05, 0) is 36.4 Å². The summed E-state index contributed by atoms with van der Waals surface area (Å²) in [6.07, 6.45) is 0. The molecule has 0 aromatic heterocycles. The number of aliphatic hydroxyl groups excluding tert-OH is 1. The third-order valence-corrected chi connectivity index (χ3v) is 5.16. The van der Waals surface area contributed by atoms with Gasteiger partial charge in [-0.15, -0.1) is 0 Å². The van der Waals surface area contributed by atoms with Gasteiger partial charge >= 0.3 is 0 Å². The van der Waals surface area contributed by atoms with Crippen molar-refractivity contribution in [2.75, 3.05) is 30.3 Å². The molecule has 0 atom stereocenters. The molecule has 1 aliphatic heterocycles. The molecule has 3 rings (SSSR count). The fraction of sp³-hybridized carbons (Fsp3) is 0.188. The molecule has 2 aromatic carbocycles. The highest BCUT2D eigenvalue weighted by Crippen LogP contribution is 2.36. The van der Waals surface area contributed by atoms with E-state index in [4.69, 9.17) is 20.8 Å². The molecule has 0 saturated carbocycles. The molecule has 1 heterocycles. The minimum Gasteiger partial charge on any atom is -0.489 e. The molecule has 0 saturated heterocycles. The van der Waals surface area contributed by atoms with E-state index in [0.29, 0.717) is 22.7 Å². The normalized spacial score (nSPS) is 13.0. The number of anilines is 2. The number of nitriles is 1. The minimum atomic E-state index is -3.78. The van der Waals surface area contributed by atoms with Crippen LogP contribution in [0.4, 0.5) is 11.4 Å². The van der Waals surface area contributed by atoms with Crippen molar-refractivity contribution in [2.24, 2.45) is 0 Å². The van der Waals surface area contributed by atoms with Crippen molar-refractivity contribution in [1.29, 1.82) is 5.26 Å². The predicted octanol–water partition coefficient (Wildman–Crippen LogP) is 1.34. The fourth-order valence-corrected chi connectivity index (χ4v) is 3.81. The van der Waals surface area contributed by atoms with Crippen LogP contribution in [0.2, 0.25) is 0 Å². The number of rotatable bonds is 2. The van der Waals surface area contributed by atoms with Crippen LogP contribution in [0.5, 0.6) is 5.75 Å². The minimum absolute atomic E-state index is 0.0711. The Morgan fingerprint density at radius 3 is 2.71 bits per heavy atom. The summed E-state index contributed by atoms with van der Waals surface area (Å²) < 4.78 is 32.4. The highest BCUT2D eigenvalue weighted by atomic mass is 32.2. The molecule has 2 aromatic rings. The van der Waals surface area contributed by atoms with Gasteiger partial charge in [0.15, 0.2) is 0 Å².